The van der Waals surface area contributed by atoms with Gasteiger partial charge in [0.1, 0.15) is 5.03 Å². The maximum Gasteiger partial charge on any atom is 0.227 e. The van der Waals surface area contributed by atoms with Crippen LogP contribution in [0.5, 0.6) is 5.88 Å². The van der Waals surface area contributed by atoms with Crippen LogP contribution in [0.2, 0.25) is 0 Å². The van der Waals surface area contributed by atoms with Crippen molar-refractivity contribution in [2.75, 3.05) is 13.4 Å². The monoisotopic (exact) mass is 329 g/mol. The Labute approximate surface area is 135 Å². The average Bonchev–Trinajstić information content (AvgIpc) is 2.79. The first-order valence-corrected chi connectivity index (χ1v) is 8.54. The minimum absolute atomic E-state index is 0.528. The third-order valence-corrected chi connectivity index (χ3v) is 4.73. The SMILES string of the molecule is COc1nc(SC)nc2c1C=Nn1c(nc3ccccc31)S2. The third-order valence-electron chi connectivity index (χ3n) is 3.23. The Morgan fingerprint density at radius 1 is 1.18 bits per heavy atom. The molecule has 4 rings (SSSR count). The summed E-state index contributed by atoms with van der Waals surface area (Å²) in [5.41, 5.74) is 2.66. The van der Waals surface area contributed by atoms with Gasteiger partial charge in [0.2, 0.25) is 5.88 Å². The predicted molar refractivity (Wildman–Crippen MR) is 87.2 cm³/mol. The van der Waals surface area contributed by atoms with Crippen LogP contribution in [-0.2, 0) is 0 Å². The second-order valence-electron chi connectivity index (χ2n) is 4.48. The van der Waals surface area contributed by atoms with E-state index in [4.69, 9.17) is 4.74 Å². The summed E-state index contributed by atoms with van der Waals surface area (Å²) in [5, 5.41) is 6.77. The molecule has 0 unspecified atom stereocenters. The molecule has 0 spiro atoms. The summed E-state index contributed by atoms with van der Waals surface area (Å²) < 4.78 is 7.19. The summed E-state index contributed by atoms with van der Waals surface area (Å²) in [4.78, 5) is 13.6. The number of benzene rings is 1. The standard InChI is InChI=1S/C14H11N5OS2/c1-20-11-8-7-15-19-10-6-4-3-5-9(10)16-14(19)22-12(8)18-13(17-11)21-2/h3-7H,1-2H3. The van der Waals surface area contributed by atoms with E-state index in [1.54, 1.807) is 13.3 Å². The molecule has 0 aliphatic carbocycles. The first kappa shape index (κ1) is 13.6. The molecule has 3 heterocycles. The Hall–Kier alpha value is -2.06. The Morgan fingerprint density at radius 3 is 2.86 bits per heavy atom. The molecule has 8 heteroatoms. The molecule has 22 heavy (non-hydrogen) atoms. The first-order chi connectivity index (χ1) is 10.8. The Bertz CT molecular complexity index is 906. The molecule has 6 nitrogen and oxygen atoms in total. The minimum Gasteiger partial charge on any atom is -0.480 e. The molecule has 3 aromatic rings. The van der Waals surface area contributed by atoms with Gasteiger partial charge in [0.15, 0.2) is 10.3 Å². The van der Waals surface area contributed by atoms with Gasteiger partial charge < -0.3 is 4.74 Å². The van der Waals surface area contributed by atoms with E-state index in [9.17, 15) is 0 Å². The number of aromatic nitrogens is 4. The van der Waals surface area contributed by atoms with Gasteiger partial charge in [-0.1, -0.05) is 23.9 Å². The Kier molecular flexibility index (Phi) is 3.27. The zero-order valence-corrected chi connectivity index (χ0v) is 13.5. The lowest BCUT2D eigenvalue weighted by molar-refractivity contribution is 0.389. The highest BCUT2D eigenvalue weighted by Gasteiger charge is 2.21. The maximum atomic E-state index is 5.37. The molecule has 0 radical (unpaired) electrons. The van der Waals surface area contributed by atoms with Crippen molar-refractivity contribution in [3.8, 4) is 5.88 Å². The van der Waals surface area contributed by atoms with Crippen LogP contribution in [-0.4, -0.2) is 39.2 Å². The van der Waals surface area contributed by atoms with E-state index in [0.29, 0.717) is 11.0 Å². The molecule has 0 fully saturated rings. The van der Waals surface area contributed by atoms with Gasteiger partial charge >= 0.3 is 0 Å². The topological polar surface area (TPSA) is 65.2 Å². The first-order valence-electron chi connectivity index (χ1n) is 6.50. The number of ether oxygens (including phenoxy) is 1. The lowest BCUT2D eigenvalue weighted by Gasteiger charge is -2.07. The number of methoxy groups -OCH3 is 1. The summed E-state index contributed by atoms with van der Waals surface area (Å²) in [6.07, 6.45) is 3.67. The van der Waals surface area contributed by atoms with Gasteiger partial charge in [-0.15, -0.1) is 0 Å². The molecule has 2 aromatic heterocycles. The van der Waals surface area contributed by atoms with Crippen LogP contribution < -0.4 is 4.74 Å². The number of para-hydroxylation sites is 2. The van der Waals surface area contributed by atoms with E-state index < -0.39 is 0 Å². The molecule has 1 aromatic carbocycles. The number of imidazole rings is 1. The minimum atomic E-state index is 0.528. The molecule has 0 saturated heterocycles. The lowest BCUT2D eigenvalue weighted by Crippen LogP contribution is -2.01. The third kappa shape index (κ3) is 2.06. The van der Waals surface area contributed by atoms with Crippen LogP contribution in [0.3, 0.4) is 0 Å². The highest BCUT2D eigenvalue weighted by molar-refractivity contribution is 7.99. The van der Waals surface area contributed by atoms with Crippen molar-refractivity contribution >= 4 is 40.8 Å². The molecular weight excluding hydrogens is 318 g/mol. The van der Waals surface area contributed by atoms with Gasteiger partial charge in [-0.2, -0.15) is 10.1 Å². The van der Waals surface area contributed by atoms with Gasteiger partial charge in [0.05, 0.1) is 29.9 Å². The smallest absolute Gasteiger partial charge is 0.227 e. The van der Waals surface area contributed by atoms with Crippen LogP contribution in [0.15, 0.2) is 44.7 Å². The predicted octanol–water partition coefficient (Wildman–Crippen LogP) is 2.90. The zero-order chi connectivity index (χ0) is 15.1. The second kappa shape index (κ2) is 5.29. The molecule has 1 aliphatic rings. The van der Waals surface area contributed by atoms with Crippen molar-refractivity contribution in [1.29, 1.82) is 0 Å². The lowest BCUT2D eigenvalue weighted by atomic mass is 10.3. The summed E-state index contributed by atoms with van der Waals surface area (Å²) in [5.74, 6) is 0.528. The van der Waals surface area contributed by atoms with Crippen molar-refractivity contribution in [2.24, 2.45) is 5.10 Å². The number of fused-ring (bicyclic) bond motifs is 4. The van der Waals surface area contributed by atoms with Crippen LogP contribution in [0.1, 0.15) is 5.56 Å². The van der Waals surface area contributed by atoms with E-state index in [1.165, 1.54) is 23.5 Å². The van der Waals surface area contributed by atoms with Crippen molar-refractivity contribution in [2.45, 2.75) is 15.3 Å². The van der Waals surface area contributed by atoms with E-state index in [2.05, 4.69) is 20.1 Å². The summed E-state index contributed by atoms with van der Waals surface area (Å²) in [7, 11) is 1.60. The molecular formula is C14H11N5OS2. The van der Waals surface area contributed by atoms with E-state index in [0.717, 1.165) is 26.8 Å². The van der Waals surface area contributed by atoms with Crippen molar-refractivity contribution in [3.63, 3.8) is 0 Å². The summed E-state index contributed by atoms with van der Waals surface area (Å²) in [6, 6.07) is 7.91. The largest absolute Gasteiger partial charge is 0.480 e. The Morgan fingerprint density at radius 2 is 2.05 bits per heavy atom. The van der Waals surface area contributed by atoms with Crippen molar-refractivity contribution < 1.29 is 4.74 Å². The maximum absolute atomic E-state index is 5.37. The summed E-state index contributed by atoms with van der Waals surface area (Å²) >= 11 is 2.95. The normalized spacial score (nSPS) is 12.8. The van der Waals surface area contributed by atoms with E-state index in [1.807, 2.05) is 35.2 Å². The second-order valence-corrected chi connectivity index (χ2v) is 6.21. The summed E-state index contributed by atoms with van der Waals surface area (Å²) in [6.45, 7) is 0. The van der Waals surface area contributed by atoms with Crippen LogP contribution in [0.25, 0.3) is 11.0 Å². The average molecular weight is 329 g/mol. The van der Waals surface area contributed by atoms with Gasteiger partial charge in [0, 0.05) is 0 Å². The van der Waals surface area contributed by atoms with Crippen molar-refractivity contribution in [1.82, 2.24) is 19.6 Å². The van der Waals surface area contributed by atoms with E-state index in [-0.39, 0.29) is 0 Å². The fraction of sp³-hybridized carbons (Fsp3) is 0.143. The number of hydrogen-bond donors (Lipinski definition) is 0. The van der Waals surface area contributed by atoms with Crippen LogP contribution in [0.4, 0.5) is 0 Å². The number of thioether (sulfide) groups is 1. The van der Waals surface area contributed by atoms with Crippen molar-refractivity contribution in [3.05, 3.63) is 29.8 Å². The van der Waals surface area contributed by atoms with Crippen LogP contribution >= 0.6 is 23.5 Å². The molecule has 0 bridgehead atoms. The van der Waals surface area contributed by atoms with Gasteiger partial charge in [-0.05, 0) is 30.2 Å². The van der Waals surface area contributed by atoms with Crippen LogP contribution in [0, 0.1) is 0 Å². The molecule has 0 saturated carbocycles. The number of hydrogen-bond acceptors (Lipinski definition) is 7. The van der Waals surface area contributed by atoms with E-state index >= 15 is 0 Å². The van der Waals surface area contributed by atoms with Gasteiger partial charge in [-0.25, -0.2) is 14.6 Å². The number of rotatable bonds is 2. The quantitative estimate of drug-likeness (QED) is 0.320. The van der Waals surface area contributed by atoms with Gasteiger partial charge in [-0.3, -0.25) is 0 Å². The molecule has 1 aliphatic heterocycles. The molecule has 0 atom stereocenters. The molecule has 0 N–H and O–H groups in total. The fourth-order valence-electron chi connectivity index (χ4n) is 2.22. The highest BCUT2D eigenvalue weighted by Crippen LogP contribution is 2.36. The molecule has 110 valence electrons. The molecule has 0 amide bonds. The highest BCUT2D eigenvalue weighted by atomic mass is 32.2. The Balaban J connectivity index is 1.94. The number of nitrogens with zero attached hydrogens (tertiary/aromatic N) is 5. The fourth-order valence-corrected chi connectivity index (χ4v) is 3.56. The zero-order valence-electron chi connectivity index (χ0n) is 11.8. The van der Waals surface area contributed by atoms with Gasteiger partial charge in [0.25, 0.3) is 0 Å².